The first-order valence-electron chi connectivity index (χ1n) is 6.70. The van der Waals surface area contributed by atoms with Crippen LogP contribution in [0.1, 0.15) is 40.0 Å². The summed E-state index contributed by atoms with van der Waals surface area (Å²) >= 11 is 0. The molecule has 0 unspecified atom stereocenters. The highest BCUT2D eigenvalue weighted by molar-refractivity contribution is 5.88. The van der Waals surface area contributed by atoms with Gasteiger partial charge in [0.2, 0.25) is 5.91 Å². The first-order valence-corrected chi connectivity index (χ1v) is 6.70. The van der Waals surface area contributed by atoms with E-state index in [4.69, 9.17) is 9.84 Å². The third-order valence-electron chi connectivity index (χ3n) is 2.85. The molecule has 0 aromatic heterocycles. The minimum atomic E-state index is -1.11. The normalized spacial score (nSPS) is 19.4. The minimum Gasteiger partial charge on any atom is -0.480 e. The van der Waals surface area contributed by atoms with Crippen molar-refractivity contribution in [1.82, 2.24) is 10.2 Å². The Kier molecular flexibility index (Phi) is 5.35. The number of piperidine rings is 1. The second-order valence-corrected chi connectivity index (χ2v) is 5.80. The Balaban J connectivity index is 2.68. The Morgan fingerprint density at radius 3 is 2.50 bits per heavy atom. The molecule has 0 aromatic carbocycles. The maximum Gasteiger partial charge on any atom is 0.410 e. The summed E-state index contributed by atoms with van der Waals surface area (Å²) in [4.78, 5) is 35.9. The zero-order valence-electron chi connectivity index (χ0n) is 12.1. The van der Waals surface area contributed by atoms with Crippen LogP contribution in [0.2, 0.25) is 0 Å². The molecule has 114 valence electrons. The van der Waals surface area contributed by atoms with E-state index in [0.717, 1.165) is 12.8 Å². The van der Waals surface area contributed by atoms with Crippen molar-refractivity contribution in [3.63, 3.8) is 0 Å². The molecule has 1 rings (SSSR count). The lowest BCUT2D eigenvalue weighted by Crippen LogP contribution is -2.53. The number of carbonyl (C=O) groups excluding carboxylic acids is 2. The minimum absolute atomic E-state index is 0.445. The van der Waals surface area contributed by atoms with E-state index >= 15 is 0 Å². The molecule has 0 bridgehead atoms. The molecule has 1 heterocycles. The Hall–Kier alpha value is -1.79. The number of nitrogens with one attached hydrogen (secondary N) is 1. The van der Waals surface area contributed by atoms with Gasteiger partial charge in [0, 0.05) is 6.54 Å². The SMILES string of the molecule is CC(C)(C)OC(=O)N1CCCC[C@H]1C(=O)NCC(=O)O. The third-order valence-corrected chi connectivity index (χ3v) is 2.85. The van der Waals surface area contributed by atoms with E-state index in [1.807, 2.05) is 0 Å². The quantitative estimate of drug-likeness (QED) is 0.806. The Morgan fingerprint density at radius 1 is 1.30 bits per heavy atom. The standard InChI is InChI=1S/C13H22N2O5/c1-13(2,3)20-12(19)15-7-5-4-6-9(15)11(18)14-8-10(16)17/h9H,4-8H2,1-3H3,(H,14,18)(H,16,17)/t9-/m0/s1. The van der Waals surface area contributed by atoms with Gasteiger partial charge in [-0.2, -0.15) is 0 Å². The summed E-state index contributed by atoms with van der Waals surface area (Å²) in [5.41, 5.74) is -0.628. The predicted molar refractivity (Wildman–Crippen MR) is 71.2 cm³/mol. The number of amides is 2. The highest BCUT2D eigenvalue weighted by atomic mass is 16.6. The summed E-state index contributed by atoms with van der Waals surface area (Å²) in [6, 6.07) is -0.655. The van der Waals surface area contributed by atoms with Crippen molar-refractivity contribution >= 4 is 18.0 Å². The van der Waals surface area contributed by atoms with Crippen LogP contribution in [0.3, 0.4) is 0 Å². The molecule has 1 aliphatic rings. The largest absolute Gasteiger partial charge is 0.480 e. The molecule has 1 fully saturated rings. The highest BCUT2D eigenvalue weighted by Crippen LogP contribution is 2.20. The molecule has 0 aliphatic carbocycles. The van der Waals surface area contributed by atoms with Crippen molar-refractivity contribution in [2.24, 2.45) is 0 Å². The fourth-order valence-corrected chi connectivity index (χ4v) is 2.02. The molecule has 1 atom stereocenters. The van der Waals surface area contributed by atoms with Crippen LogP contribution in [0.4, 0.5) is 4.79 Å². The zero-order valence-corrected chi connectivity index (χ0v) is 12.1. The summed E-state index contributed by atoms with van der Waals surface area (Å²) in [6.45, 7) is 5.27. The number of aliphatic carboxylic acids is 1. The van der Waals surface area contributed by atoms with Crippen LogP contribution in [0.5, 0.6) is 0 Å². The van der Waals surface area contributed by atoms with E-state index in [0.29, 0.717) is 13.0 Å². The Morgan fingerprint density at radius 2 is 1.95 bits per heavy atom. The molecule has 2 N–H and O–H groups in total. The lowest BCUT2D eigenvalue weighted by molar-refractivity contribution is -0.139. The van der Waals surface area contributed by atoms with E-state index in [1.54, 1.807) is 20.8 Å². The molecular weight excluding hydrogens is 264 g/mol. The van der Waals surface area contributed by atoms with Gasteiger partial charge in [-0.15, -0.1) is 0 Å². The number of hydrogen-bond donors (Lipinski definition) is 2. The predicted octanol–water partition coefficient (Wildman–Crippen LogP) is 0.977. The van der Waals surface area contributed by atoms with Crippen LogP contribution >= 0.6 is 0 Å². The summed E-state index contributed by atoms with van der Waals surface area (Å²) in [6.07, 6.45) is 1.62. The van der Waals surface area contributed by atoms with Crippen LogP contribution in [0.25, 0.3) is 0 Å². The number of carboxylic acid groups (broad SMARTS) is 1. The average molecular weight is 286 g/mol. The topological polar surface area (TPSA) is 95.9 Å². The summed E-state index contributed by atoms with van der Waals surface area (Å²) in [5.74, 6) is -1.56. The van der Waals surface area contributed by atoms with E-state index in [-0.39, 0.29) is 0 Å². The monoisotopic (exact) mass is 286 g/mol. The highest BCUT2D eigenvalue weighted by Gasteiger charge is 2.34. The molecule has 1 aliphatic heterocycles. The lowest BCUT2D eigenvalue weighted by Gasteiger charge is -2.35. The van der Waals surface area contributed by atoms with Gasteiger partial charge >= 0.3 is 12.1 Å². The van der Waals surface area contributed by atoms with Crippen molar-refractivity contribution < 1.29 is 24.2 Å². The number of rotatable bonds is 3. The van der Waals surface area contributed by atoms with Gasteiger partial charge in [0.25, 0.3) is 0 Å². The first kappa shape index (κ1) is 16.3. The summed E-state index contributed by atoms with van der Waals surface area (Å²) < 4.78 is 5.27. The van der Waals surface area contributed by atoms with Crippen LogP contribution < -0.4 is 5.32 Å². The van der Waals surface area contributed by atoms with Gasteiger partial charge in [-0.1, -0.05) is 0 Å². The van der Waals surface area contributed by atoms with Crippen LogP contribution in [-0.2, 0) is 14.3 Å². The van der Waals surface area contributed by atoms with Crippen molar-refractivity contribution in [3.8, 4) is 0 Å². The fourth-order valence-electron chi connectivity index (χ4n) is 2.02. The van der Waals surface area contributed by atoms with Gasteiger partial charge in [0.05, 0.1) is 0 Å². The van der Waals surface area contributed by atoms with Crippen LogP contribution in [0.15, 0.2) is 0 Å². The average Bonchev–Trinajstić information content (AvgIpc) is 2.33. The number of nitrogens with zero attached hydrogens (tertiary/aromatic N) is 1. The second-order valence-electron chi connectivity index (χ2n) is 5.80. The van der Waals surface area contributed by atoms with Gasteiger partial charge in [0.1, 0.15) is 18.2 Å². The molecule has 0 aromatic rings. The smallest absolute Gasteiger partial charge is 0.410 e. The molecule has 0 saturated carbocycles. The van der Waals surface area contributed by atoms with E-state index < -0.39 is 36.2 Å². The fraction of sp³-hybridized carbons (Fsp3) is 0.769. The third kappa shape index (κ3) is 5.07. The zero-order chi connectivity index (χ0) is 15.3. The van der Waals surface area contributed by atoms with Crippen LogP contribution in [0, 0.1) is 0 Å². The maximum absolute atomic E-state index is 12.1. The number of carboxylic acids is 1. The Labute approximate surface area is 118 Å². The van der Waals surface area contributed by atoms with Crippen molar-refractivity contribution in [2.75, 3.05) is 13.1 Å². The molecule has 2 amide bonds. The van der Waals surface area contributed by atoms with E-state index in [2.05, 4.69) is 5.32 Å². The molecule has 7 heteroatoms. The number of hydrogen-bond acceptors (Lipinski definition) is 4. The molecule has 0 spiro atoms. The van der Waals surface area contributed by atoms with Gasteiger partial charge < -0.3 is 15.2 Å². The van der Waals surface area contributed by atoms with Crippen LogP contribution in [-0.4, -0.2) is 52.7 Å². The molecule has 20 heavy (non-hydrogen) atoms. The van der Waals surface area contributed by atoms with Gasteiger partial charge in [-0.05, 0) is 40.0 Å². The summed E-state index contributed by atoms with van der Waals surface area (Å²) in [5, 5.41) is 10.9. The van der Waals surface area contributed by atoms with E-state index in [1.165, 1.54) is 4.90 Å². The molecule has 7 nitrogen and oxygen atoms in total. The summed E-state index contributed by atoms with van der Waals surface area (Å²) in [7, 11) is 0. The van der Waals surface area contributed by atoms with Crippen molar-refractivity contribution in [2.45, 2.75) is 51.7 Å². The van der Waals surface area contributed by atoms with Gasteiger partial charge in [-0.25, -0.2) is 4.79 Å². The molecule has 0 radical (unpaired) electrons. The Bertz CT molecular complexity index is 389. The lowest BCUT2D eigenvalue weighted by atomic mass is 10.0. The number of ether oxygens (including phenoxy) is 1. The van der Waals surface area contributed by atoms with Gasteiger partial charge in [0.15, 0.2) is 0 Å². The van der Waals surface area contributed by atoms with E-state index in [9.17, 15) is 14.4 Å². The van der Waals surface area contributed by atoms with Crippen molar-refractivity contribution in [1.29, 1.82) is 0 Å². The molecule has 1 saturated heterocycles. The number of likely N-dealkylation sites (tertiary alicyclic amines) is 1. The van der Waals surface area contributed by atoms with Gasteiger partial charge in [-0.3, -0.25) is 14.5 Å². The first-order chi connectivity index (χ1) is 9.20. The second kappa shape index (κ2) is 6.58. The molecular formula is C13H22N2O5. The number of carbonyl (C=O) groups is 3. The van der Waals surface area contributed by atoms with Crippen molar-refractivity contribution in [3.05, 3.63) is 0 Å². The maximum atomic E-state index is 12.1.